The number of nitrogens with one attached hydrogen (secondary N) is 1. The van der Waals surface area contributed by atoms with Crippen LogP contribution in [0.25, 0.3) is 0 Å². The largest absolute Gasteiger partial charge is 0.478 e. The van der Waals surface area contributed by atoms with Crippen LogP contribution in [0.1, 0.15) is 61.9 Å². The van der Waals surface area contributed by atoms with Crippen molar-refractivity contribution >= 4 is 46.8 Å². The number of benzene rings is 3. The number of fused-ring (bicyclic) bond motifs is 1. The van der Waals surface area contributed by atoms with Crippen molar-refractivity contribution in [1.82, 2.24) is 0 Å². The van der Waals surface area contributed by atoms with Crippen molar-refractivity contribution in [2.24, 2.45) is 4.99 Å². The molecule has 0 bridgehead atoms. The Morgan fingerprint density at radius 2 is 1.73 bits per heavy atom. The molecular formula is C30H34ClN3O3. The van der Waals surface area contributed by atoms with Gasteiger partial charge in [-0.25, -0.2) is 9.79 Å². The Balaban J connectivity index is 0.000000266. The number of carboxylic acids is 1. The second-order valence-electron chi connectivity index (χ2n) is 8.63. The number of anilines is 2. The van der Waals surface area contributed by atoms with E-state index in [1.807, 2.05) is 38.1 Å². The number of rotatable bonds is 5. The molecule has 6 nitrogen and oxygen atoms in total. The first-order chi connectivity index (χ1) is 18.0. The van der Waals surface area contributed by atoms with Crippen LogP contribution >= 0.6 is 11.6 Å². The quantitative estimate of drug-likeness (QED) is 0.340. The standard InChI is InChI=1S/C21H22N2O2.C7H6ClNO.C2H6/c24-21(25)16-11-12-20-18(13-16)22-19(15-7-3-1-4-8-15)14-23(20)17-9-5-2-6-10-17;8-6-2-1-3-7(4-6)9-5-10;1-2/h1,3-4,7-8,11-13,17H,2,5-6,9-10,14H2,(H,24,25);1-5H,(H,9,10);1-2H3. The predicted molar refractivity (Wildman–Crippen MR) is 153 cm³/mol. The number of hydrogen-bond donors (Lipinski definition) is 2. The van der Waals surface area contributed by atoms with E-state index in [0.29, 0.717) is 28.7 Å². The van der Waals surface area contributed by atoms with Crippen LogP contribution in [-0.2, 0) is 4.79 Å². The molecule has 37 heavy (non-hydrogen) atoms. The fraction of sp³-hybridized carbons (Fsp3) is 0.300. The van der Waals surface area contributed by atoms with Gasteiger partial charge in [-0.1, -0.05) is 81.1 Å². The summed E-state index contributed by atoms with van der Waals surface area (Å²) in [5, 5.41) is 12.4. The van der Waals surface area contributed by atoms with Crippen LogP contribution in [0.2, 0.25) is 5.02 Å². The van der Waals surface area contributed by atoms with Crippen molar-refractivity contribution in [3.8, 4) is 0 Å². The van der Waals surface area contributed by atoms with Gasteiger partial charge < -0.3 is 15.3 Å². The van der Waals surface area contributed by atoms with Gasteiger partial charge in [-0.15, -0.1) is 0 Å². The maximum absolute atomic E-state index is 11.4. The van der Waals surface area contributed by atoms with Gasteiger partial charge in [0.2, 0.25) is 6.41 Å². The third kappa shape index (κ3) is 7.67. The number of nitrogens with zero attached hydrogens (tertiary/aromatic N) is 2. The molecule has 3 aromatic rings. The molecule has 1 aliphatic carbocycles. The number of aliphatic imine (C=N–C) groups is 1. The van der Waals surface area contributed by atoms with Crippen LogP contribution < -0.4 is 10.2 Å². The lowest BCUT2D eigenvalue weighted by Crippen LogP contribution is -2.42. The third-order valence-corrected chi connectivity index (χ3v) is 6.52. The van der Waals surface area contributed by atoms with E-state index < -0.39 is 5.97 Å². The molecule has 1 amide bonds. The normalized spacial score (nSPS) is 14.6. The van der Waals surface area contributed by atoms with Gasteiger partial charge in [-0.05, 0) is 54.8 Å². The Morgan fingerprint density at radius 1 is 1.00 bits per heavy atom. The molecule has 1 fully saturated rings. The molecule has 3 aromatic carbocycles. The molecule has 0 spiro atoms. The summed E-state index contributed by atoms with van der Waals surface area (Å²) in [6.07, 6.45) is 6.86. The number of carboxylic acid groups (broad SMARTS) is 1. The molecule has 7 heteroatoms. The highest BCUT2D eigenvalue weighted by molar-refractivity contribution is 6.30. The number of aromatic carboxylic acids is 1. The zero-order chi connectivity index (χ0) is 26.6. The summed E-state index contributed by atoms with van der Waals surface area (Å²) in [6, 6.07) is 23.0. The lowest BCUT2D eigenvalue weighted by atomic mass is 9.92. The Morgan fingerprint density at radius 3 is 2.38 bits per heavy atom. The Hall–Kier alpha value is -3.64. The highest BCUT2D eigenvalue weighted by Gasteiger charge is 2.28. The third-order valence-electron chi connectivity index (χ3n) is 6.28. The van der Waals surface area contributed by atoms with E-state index in [2.05, 4.69) is 22.3 Å². The summed E-state index contributed by atoms with van der Waals surface area (Å²) in [5.41, 5.74) is 4.96. The first-order valence-corrected chi connectivity index (χ1v) is 13.2. The van der Waals surface area contributed by atoms with Crippen LogP contribution in [-0.4, -0.2) is 35.8 Å². The fourth-order valence-corrected chi connectivity index (χ4v) is 4.76. The van der Waals surface area contributed by atoms with E-state index in [-0.39, 0.29) is 0 Å². The van der Waals surface area contributed by atoms with Crippen molar-refractivity contribution in [3.05, 3.63) is 88.9 Å². The summed E-state index contributed by atoms with van der Waals surface area (Å²) in [4.78, 5) is 28.5. The lowest BCUT2D eigenvalue weighted by Gasteiger charge is -2.39. The first-order valence-electron chi connectivity index (χ1n) is 12.8. The maximum atomic E-state index is 11.4. The summed E-state index contributed by atoms with van der Waals surface area (Å²) >= 11 is 5.62. The van der Waals surface area contributed by atoms with Gasteiger partial charge in [-0.3, -0.25) is 4.79 Å². The second kappa shape index (κ2) is 14.2. The first kappa shape index (κ1) is 27.9. The van der Waals surface area contributed by atoms with Crippen LogP contribution in [0.3, 0.4) is 0 Å². The average Bonchev–Trinajstić information content (AvgIpc) is 2.95. The van der Waals surface area contributed by atoms with E-state index in [9.17, 15) is 14.7 Å². The van der Waals surface area contributed by atoms with E-state index in [4.69, 9.17) is 16.6 Å². The van der Waals surface area contributed by atoms with Crippen molar-refractivity contribution in [1.29, 1.82) is 0 Å². The van der Waals surface area contributed by atoms with Crippen molar-refractivity contribution in [3.63, 3.8) is 0 Å². The van der Waals surface area contributed by atoms with Crippen LogP contribution in [0, 0.1) is 0 Å². The molecule has 2 N–H and O–H groups in total. The van der Waals surface area contributed by atoms with Crippen LogP contribution in [0.4, 0.5) is 17.1 Å². The second-order valence-corrected chi connectivity index (χ2v) is 9.06. The maximum Gasteiger partial charge on any atom is 0.335 e. The SMILES string of the molecule is CC.O=C(O)c1ccc2c(c1)N=C(c1ccccc1)CN2C1CCCCC1.O=CNc1cccc(Cl)c1. The zero-order valence-corrected chi connectivity index (χ0v) is 22.1. The van der Waals surface area contributed by atoms with Gasteiger partial charge in [0.05, 0.1) is 29.2 Å². The molecule has 1 aliphatic heterocycles. The van der Waals surface area contributed by atoms with Gasteiger partial charge >= 0.3 is 5.97 Å². The molecule has 194 valence electrons. The predicted octanol–water partition coefficient (Wildman–Crippen LogP) is 7.59. The lowest BCUT2D eigenvalue weighted by molar-refractivity contribution is -0.105. The molecule has 1 heterocycles. The summed E-state index contributed by atoms with van der Waals surface area (Å²) in [7, 11) is 0. The minimum absolute atomic E-state index is 0.292. The van der Waals surface area contributed by atoms with Crippen LogP contribution in [0.15, 0.2) is 77.8 Å². The zero-order valence-electron chi connectivity index (χ0n) is 21.4. The fourth-order valence-electron chi connectivity index (χ4n) is 4.57. The Kier molecular flexibility index (Phi) is 10.7. The molecule has 0 radical (unpaired) electrons. The number of carbonyl (C=O) groups is 2. The van der Waals surface area contributed by atoms with E-state index in [0.717, 1.165) is 29.2 Å². The topological polar surface area (TPSA) is 82.0 Å². The molecule has 0 saturated heterocycles. The van der Waals surface area contributed by atoms with E-state index >= 15 is 0 Å². The Bertz CT molecular complexity index is 1210. The molecule has 0 atom stereocenters. The highest BCUT2D eigenvalue weighted by atomic mass is 35.5. The minimum atomic E-state index is -0.908. The Labute approximate surface area is 224 Å². The molecule has 0 aromatic heterocycles. The van der Waals surface area contributed by atoms with Gasteiger partial charge in [0, 0.05) is 16.8 Å². The number of hydrogen-bond acceptors (Lipinski definition) is 4. The monoisotopic (exact) mass is 519 g/mol. The van der Waals surface area contributed by atoms with Crippen LogP contribution in [0.5, 0.6) is 0 Å². The average molecular weight is 520 g/mol. The molecule has 2 aliphatic rings. The summed E-state index contributed by atoms with van der Waals surface area (Å²) < 4.78 is 0. The van der Waals surface area contributed by atoms with Gasteiger partial charge in [0.15, 0.2) is 0 Å². The molecule has 1 saturated carbocycles. The smallest absolute Gasteiger partial charge is 0.335 e. The highest BCUT2D eigenvalue weighted by Crippen LogP contribution is 2.38. The summed E-state index contributed by atoms with van der Waals surface area (Å²) in [5.74, 6) is -0.908. The molecule has 5 rings (SSSR count). The summed E-state index contributed by atoms with van der Waals surface area (Å²) in [6.45, 7) is 4.79. The van der Waals surface area contributed by atoms with Gasteiger partial charge in [0.1, 0.15) is 0 Å². The van der Waals surface area contributed by atoms with Crippen molar-refractivity contribution in [2.45, 2.75) is 52.0 Å². The number of halogens is 1. The number of carbonyl (C=O) groups excluding carboxylic acids is 1. The van der Waals surface area contributed by atoms with E-state index in [1.54, 1.807) is 36.4 Å². The van der Waals surface area contributed by atoms with Crippen molar-refractivity contribution in [2.75, 3.05) is 16.8 Å². The van der Waals surface area contributed by atoms with Crippen molar-refractivity contribution < 1.29 is 14.7 Å². The number of amides is 1. The minimum Gasteiger partial charge on any atom is -0.478 e. The van der Waals surface area contributed by atoms with E-state index in [1.165, 1.54) is 32.1 Å². The molecular weight excluding hydrogens is 486 g/mol. The molecule has 0 unspecified atom stereocenters. The van der Waals surface area contributed by atoms with Gasteiger partial charge in [0.25, 0.3) is 0 Å². The van der Waals surface area contributed by atoms with Gasteiger partial charge in [-0.2, -0.15) is 0 Å².